The minimum Gasteiger partial charge on any atom is -0.497 e. The van der Waals surface area contributed by atoms with Gasteiger partial charge in [-0.15, -0.1) is 17.8 Å². The number of aryl methyl sites for hydroxylation is 1. The second-order valence-electron chi connectivity index (χ2n) is 7.68. The number of halogens is 1. The number of hydrogen-bond acceptors (Lipinski definition) is 4. The van der Waals surface area contributed by atoms with Crippen LogP contribution in [0.1, 0.15) is 35.7 Å². The molecule has 0 aliphatic heterocycles. The molecular weight excluding hydrogens is 412 g/mol. The zero-order chi connectivity index (χ0) is 21.1. The largest absolute Gasteiger partial charge is 0.497 e. The first-order chi connectivity index (χ1) is 14.6. The number of nitrogens with zero attached hydrogens (tertiary/aromatic N) is 2. The van der Waals surface area contributed by atoms with E-state index in [4.69, 9.17) is 27.7 Å². The van der Waals surface area contributed by atoms with Gasteiger partial charge in [-0.2, -0.15) is 0 Å². The fourth-order valence-corrected chi connectivity index (χ4v) is 5.00. The molecule has 0 spiro atoms. The summed E-state index contributed by atoms with van der Waals surface area (Å²) in [6, 6.07) is 16.6. The molecule has 0 N–H and O–H groups in total. The zero-order valence-electron chi connectivity index (χ0n) is 17.3. The Labute approximate surface area is 187 Å². The van der Waals surface area contributed by atoms with E-state index in [9.17, 15) is 0 Å². The van der Waals surface area contributed by atoms with Crippen molar-refractivity contribution in [3.05, 3.63) is 64.0 Å². The van der Waals surface area contributed by atoms with E-state index in [1.165, 1.54) is 18.4 Å². The van der Waals surface area contributed by atoms with Gasteiger partial charge in [0.1, 0.15) is 5.75 Å². The van der Waals surface area contributed by atoms with Gasteiger partial charge in [0.2, 0.25) is 0 Å². The summed E-state index contributed by atoms with van der Waals surface area (Å²) in [4.78, 5) is 8.42. The Morgan fingerprint density at radius 2 is 2.03 bits per heavy atom. The van der Waals surface area contributed by atoms with Gasteiger partial charge in [-0.05, 0) is 43.0 Å². The highest BCUT2D eigenvalue weighted by atomic mass is 35.5. The van der Waals surface area contributed by atoms with Gasteiger partial charge in [0.15, 0.2) is 5.13 Å². The molecule has 154 valence electrons. The maximum Gasteiger partial charge on any atom is 0.187 e. The van der Waals surface area contributed by atoms with Gasteiger partial charge < -0.3 is 9.64 Å². The van der Waals surface area contributed by atoms with E-state index in [0.717, 1.165) is 39.4 Å². The quantitative estimate of drug-likeness (QED) is 0.364. The van der Waals surface area contributed by atoms with E-state index in [1.54, 1.807) is 18.4 Å². The van der Waals surface area contributed by atoms with Crippen LogP contribution in [0.5, 0.6) is 5.75 Å². The average molecular weight is 437 g/mol. The third-order valence-electron chi connectivity index (χ3n) is 5.54. The second-order valence-corrected chi connectivity index (χ2v) is 9.27. The molecule has 0 amide bonds. The molecular formula is C25H25ClN2OS. The van der Waals surface area contributed by atoms with E-state index in [-0.39, 0.29) is 6.04 Å². The molecule has 0 radical (unpaired) electrons. The topological polar surface area (TPSA) is 25.4 Å². The van der Waals surface area contributed by atoms with Crippen LogP contribution in [0.2, 0.25) is 5.02 Å². The minimum absolute atomic E-state index is 0.222. The standard InChI is InChI=1S/C25H25ClN2OS/c1-4-14-28(23(15-18-10-11-18)19-8-6-5-7-9-19)25-27-24(17(2)30-25)21-13-12-20(29-3)16-22(21)26/h1,5-9,12-13,16,18,23H,10-11,14-15H2,2-3H3/t23-/m0/s1. The van der Waals surface area contributed by atoms with Crippen molar-refractivity contribution in [3.63, 3.8) is 0 Å². The highest BCUT2D eigenvalue weighted by molar-refractivity contribution is 7.16. The number of aromatic nitrogens is 1. The van der Waals surface area contributed by atoms with Crippen LogP contribution in [0.4, 0.5) is 5.13 Å². The van der Waals surface area contributed by atoms with E-state index in [0.29, 0.717) is 11.6 Å². The summed E-state index contributed by atoms with van der Waals surface area (Å²) in [5.41, 5.74) is 3.11. The predicted octanol–water partition coefficient (Wildman–Crippen LogP) is 6.76. The number of benzene rings is 2. The van der Waals surface area contributed by atoms with Crippen molar-refractivity contribution in [3.8, 4) is 29.4 Å². The minimum atomic E-state index is 0.222. The monoisotopic (exact) mass is 436 g/mol. The van der Waals surface area contributed by atoms with Crippen molar-refractivity contribution in [2.45, 2.75) is 32.2 Å². The second kappa shape index (κ2) is 9.12. The fraction of sp³-hybridized carbons (Fsp3) is 0.320. The summed E-state index contributed by atoms with van der Waals surface area (Å²) in [7, 11) is 1.64. The van der Waals surface area contributed by atoms with Gasteiger partial charge in [-0.1, -0.05) is 60.7 Å². The lowest BCUT2D eigenvalue weighted by atomic mass is 10.00. The molecule has 0 bridgehead atoms. The van der Waals surface area contributed by atoms with Crippen LogP contribution in [0, 0.1) is 25.2 Å². The SMILES string of the molecule is C#CCN(c1nc(-c2ccc(OC)cc2Cl)c(C)s1)[C@@H](CC1CC1)c1ccccc1. The average Bonchev–Trinajstić information content (AvgIpc) is 3.51. The molecule has 3 nitrogen and oxygen atoms in total. The Balaban J connectivity index is 1.72. The van der Waals surface area contributed by atoms with E-state index in [1.807, 2.05) is 18.2 Å². The van der Waals surface area contributed by atoms with Gasteiger partial charge in [0.05, 0.1) is 30.4 Å². The van der Waals surface area contributed by atoms with E-state index >= 15 is 0 Å². The van der Waals surface area contributed by atoms with Crippen molar-refractivity contribution in [2.75, 3.05) is 18.6 Å². The van der Waals surface area contributed by atoms with E-state index in [2.05, 4.69) is 48.1 Å². The molecule has 1 heterocycles. The van der Waals surface area contributed by atoms with Crippen molar-refractivity contribution < 1.29 is 4.74 Å². The van der Waals surface area contributed by atoms with E-state index < -0.39 is 0 Å². The van der Waals surface area contributed by atoms with Crippen molar-refractivity contribution in [2.24, 2.45) is 5.92 Å². The molecule has 4 rings (SSSR count). The summed E-state index contributed by atoms with van der Waals surface area (Å²) >= 11 is 8.21. The first-order valence-electron chi connectivity index (χ1n) is 10.2. The molecule has 1 saturated carbocycles. The van der Waals surface area contributed by atoms with Crippen LogP contribution in [-0.4, -0.2) is 18.6 Å². The van der Waals surface area contributed by atoms with Gasteiger partial charge in [-0.25, -0.2) is 4.98 Å². The van der Waals surface area contributed by atoms with Crippen molar-refractivity contribution in [1.82, 2.24) is 4.98 Å². The van der Waals surface area contributed by atoms with Crippen molar-refractivity contribution in [1.29, 1.82) is 0 Å². The Hall–Kier alpha value is -2.48. The highest BCUT2D eigenvalue weighted by Gasteiger charge is 2.31. The number of thiazole rings is 1. The molecule has 1 atom stereocenters. The summed E-state index contributed by atoms with van der Waals surface area (Å²) in [6.07, 6.45) is 9.50. The van der Waals surface area contributed by atoms with Crippen LogP contribution in [0.25, 0.3) is 11.3 Å². The molecule has 1 fully saturated rings. The van der Waals surface area contributed by atoms with Gasteiger partial charge in [-0.3, -0.25) is 0 Å². The molecule has 1 aliphatic rings. The predicted molar refractivity (Wildman–Crippen MR) is 127 cm³/mol. The number of hydrogen-bond donors (Lipinski definition) is 0. The molecule has 0 saturated heterocycles. The van der Waals surface area contributed by atoms with Gasteiger partial charge in [0, 0.05) is 10.4 Å². The molecule has 3 aromatic rings. The number of rotatable bonds is 8. The maximum absolute atomic E-state index is 6.54. The molecule has 5 heteroatoms. The first kappa shape index (κ1) is 20.8. The molecule has 30 heavy (non-hydrogen) atoms. The third kappa shape index (κ3) is 4.48. The molecule has 1 aromatic heterocycles. The highest BCUT2D eigenvalue weighted by Crippen LogP contribution is 2.44. The Bertz CT molecular complexity index is 1050. The van der Waals surface area contributed by atoms with Crippen LogP contribution in [0.15, 0.2) is 48.5 Å². The summed E-state index contributed by atoms with van der Waals surface area (Å²) in [6.45, 7) is 2.61. The van der Waals surface area contributed by atoms with Crippen LogP contribution >= 0.6 is 22.9 Å². The zero-order valence-corrected chi connectivity index (χ0v) is 18.8. The summed E-state index contributed by atoms with van der Waals surface area (Å²) in [5.74, 6) is 4.36. The smallest absolute Gasteiger partial charge is 0.187 e. The van der Waals surface area contributed by atoms with Crippen LogP contribution in [-0.2, 0) is 0 Å². The number of ether oxygens (including phenoxy) is 1. The lowest BCUT2D eigenvalue weighted by Gasteiger charge is -2.30. The Kier molecular flexibility index (Phi) is 6.32. The fourth-order valence-electron chi connectivity index (χ4n) is 3.77. The summed E-state index contributed by atoms with van der Waals surface area (Å²) < 4.78 is 5.28. The number of terminal acetylenes is 1. The molecule has 2 aromatic carbocycles. The lowest BCUT2D eigenvalue weighted by molar-refractivity contribution is 0.415. The number of methoxy groups -OCH3 is 1. The Morgan fingerprint density at radius 3 is 2.67 bits per heavy atom. The summed E-state index contributed by atoms with van der Waals surface area (Å²) in [5, 5.41) is 1.58. The van der Waals surface area contributed by atoms with Crippen LogP contribution in [0.3, 0.4) is 0 Å². The maximum atomic E-state index is 6.54. The van der Waals surface area contributed by atoms with Gasteiger partial charge in [0.25, 0.3) is 0 Å². The molecule has 0 unspecified atom stereocenters. The Morgan fingerprint density at radius 1 is 1.27 bits per heavy atom. The first-order valence-corrected chi connectivity index (χ1v) is 11.4. The third-order valence-corrected chi connectivity index (χ3v) is 6.86. The van der Waals surface area contributed by atoms with Crippen molar-refractivity contribution >= 4 is 28.1 Å². The molecule has 1 aliphatic carbocycles. The normalized spacial score (nSPS) is 14.2. The lowest BCUT2D eigenvalue weighted by Crippen LogP contribution is -2.29. The number of anilines is 1. The van der Waals surface area contributed by atoms with Gasteiger partial charge >= 0.3 is 0 Å². The van der Waals surface area contributed by atoms with Crippen LogP contribution < -0.4 is 9.64 Å².